The van der Waals surface area contributed by atoms with E-state index >= 15 is 0 Å². The van der Waals surface area contributed by atoms with Gasteiger partial charge in [-0.05, 0) is 31.6 Å². The van der Waals surface area contributed by atoms with Gasteiger partial charge in [-0.1, -0.05) is 34.1 Å². The maximum absolute atomic E-state index is 4.93. The number of fused-ring (bicyclic) bond motifs is 1. The minimum atomic E-state index is 0.436. The second-order valence-corrected chi connectivity index (χ2v) is 6.93. The lowest BCUT2D eigenvalue weighted by Crippen LogP contribution is -2.32. The fraction of sp³-hybridized carbons (Fsp3) is 0.800. The molecule has 1 aromatic heterocycles. The average Bonchev–Trinajstić information content (AvgIpc) is 2.78. The van der Waals surface area contributed by atoms with Crippen molar-refractivity contribution < 1.29 is 0 Å². The third kappa shape index (κ3) is 3.12. The number of thiazole rings is 1. The van der Waals surface area contributed by atoms with Crippen molar-refractivity contribution in [1.82, 2.24) is 10.3 Å². The lowest BCUT2D eigenvalue weighted by Gasteiger charge is -2.24. The SMILES string of the molecule is CCC(C)C(NC(C)C)c1nc2c(s1)CCCC2. The van der Waals surface area contributed by atoms with Gasteiger partial charge in [0.05, 0.1) is 11.7 Å². The van der Waals surface area contributed by atoms with Gasteiger partial charge >= 0.3 is 0 Å². The molecule has 1 N–H and O–H groups in total. The lowest BCUT2D eigenvalue weighted by molar-refractivity contribution is 0.350. The van der Waals surface area contributed by atoms with Gasteiger partial charge in [0.2, 0.25) is 0 Å². The molecular weight excluding hydrogens is 240 g/mol. The summed E-state index contributed by atoms with van der Waals surface area (Å²) in [6, 6.07) is 0.954. The molecule has 0 aromatic carbocycles. The summed E-state index contributed by atoms with van der Waals surface area (Å²) in [6.07, 6.45) is 6.32. The maximum atomic E-state index is 4.93. The van der Waals surface area contributed by atoms with Gasteiger partial charge in [0.15, 0.2) is 0 Å². The second kappa shape index (κ2) is 6.16. The van der Waals surface area contributed by atoms with Gasteiger partial charge in [-0.3, -0.25) is 0 Å². The van der Waals surface area contributed by atoms with E-state index in [0.29, 0.717) is 18.0 Å². The molecule has 1 heterocycles. The molecule has 0 spiro atoms. The summed E-state index contributed by atoms with van der Waals surface area (Å²) in [5.74, 6) is 0.653. The molecule has 1 aliphatic rings. The molecule has 3 heteroatoms. The molecule has 0 saturated heterocycles. The van der Waals surface area contributed by atoms with Gasteiger partial charge in [0.25, 0.3) is 0 Å². The summed E-state index contributed by atoms with van der Waals surface area (Å²) in [6.45, 7) is 9.05. The normalized spacial score (nSPS) is 18.7. The minimum Gasteiger partial charge on any atom is -0.305 e. The van der Waals surface area contributed by atoms with Crippen LogP contribution in [-0.2, 0) is 12.8 Å². The molecule has 1 aromatic rings. The monoisotopic (exact) mass is 266 g/mol. The van der Waals surface area contributed by atoms with E-state index in [1.165, 1.54) is 42.8 Å². The van der Waals surface area contributed by atoms with Crippen LogP contribution in [0.25, 0.3) is 0 Å². The highest BCUT2D eigenvalue weighted by Gasteiger charge is 2.24. The summed E-state index contributed by atoms with van der Waals surface area (Å²) in [5.41, 5.74) is 1.39. The molecule has 2 nitrogen and oxygen atoms in total. The van der Waals surface area contributed by atoms with Gasteiger partial charge in [0.1, 0.15) is 5.01 Å². The maximum Gasteiger partial charge on any atom is 0.110 e. The fourth-order valence-electron chi connectivity index (χ4n) is 2.58. The highest BCUT2D eigenvalue weighted by atomic mass is 32.1. The predicted molar refractivity (Wildman–Crippen MR) is 79.2 cm³/mol. The summed E-state index contributed by atoms with van der Waals surface area (Å²) in [5, 5.41) is 5.03. The zero-order valence-corrected chi connectivity index (χ0v) is 12.9. The van der Waals surface area contributed by atoms with Crippen LogP contribution in [0.2, 0.25) is 0 Å². The Hall–Kier alpha value is -0.410. The molecule has 0 fully saturated rings. The van der Waals surface area contributed by atoms with Crippen LogP contribution in [0.4, 0.5) is 0 Å². The second-order valence-electron chi connectivity index (χ2n) is 5.81. The largest absolute Gasteiger partial charge is 0.305 e. The Kier molecular flexibility index (Phi) is 4.79. The summed E-state index contributed by atoms with van der Waals surface area (Å²) in [7, 11) is 0. The number of nitrogens with zero attached hydrogens (tertiary/aromatic N) is 1. The average molecular weight is 266 g/mol. The Bertz CT molecular complexity index is 360. The lowest BCUT2D eigenvalue weighted by atomic mass is 9.98. The Morgan fingerprint density at radius 3 is 2.56 bits per heavy atom. The first-order valence-electron chi connectivity index (χ1n) is 7.36. The summed E-state index contributed by atoms with van der Waals surface area (Å²) < 4.78 is 0. The molecule has 2 atom stereocenters. The number of hydrogen-bond acceptors (Lipinski definition) is 3. The van der Waals surface area contributed by atoms with Crippen molar-refractivity contribution >= 4 is 11.3 Å². The predicted octanol–water partition coefficient (Wildman–Crippen LogP) is 4.11. The first kappa shape index (κ1) is 14.0. The van der Waals surface area contributed by atoms with Crippen molar-refractivity contribution in [3.63, 3.8) is 0 Å². The van der Waals surface area contributed by atoms with Crippen LogP contribution in [-0.4, -0.2) is 11.0 Å². The van der Waals surface area contributed by atoms with Crippen LogP contribution < -0.4 is 5.32 Å². The third-order valence-corrected chi connectivity index (χ3v) is 5.09. The molecule has 1 aliphatic carbocycles. The van der Waals surface area contributed by atoms with E-state index < -0.39 is 0 Å². The van der Waals surface area contributed by atoms with E-state index in [2.05, 4.69) is 33.0 Å². The number of aryl methyl sites for hydroxylation is 2. The molecule has 18 heavy (non-hydrogen) atoms. The Labute approximate surface area is 115 Å². The van der Waals surface area contributed by atoms with Crippen LogP contribution in [0.5, 0.6) is 0 Å². The zero-order chi connectivity index (χ0) is 13.1. The number of hydrogen-bond donors (Lipinski definition) is 1. The van der Waals surface area contributed by atoms with Crippen molar-refractivity contribution in [3.05, 3.63) is 15.6 Å². The van der Waals surface area contributed by atoms with Gasteiger partial charge in [-0.25, -0.2) is 4.98 Å². The fourth-order valence-corrected chi connectivity index (χ4v) is 3.93. The van der Waals surface area contributed by atoms with Gasteiger partial charge < -0.3 is 5.32 Å². The van der Waals surface area contributed by atoms with E-state index in [4.69, 9.17) is 4.98 Å². The molecule has 0 aliphatic heterocycles. The van der Waals surface area contributed by atoms with Crippen molar-refractivity contribution in [1.29, 1.82) is 0 Å². The highest BCUT2D eigenvalue weighted by Crippen LogP contribution is 2.33. The van der Waals surface area contributed by atoms with E-state index in [0.717, 1.165) is 0 Å². The number of rotatable bonds is 5. The van der Waals surface area contributed by atoms with E-state index in [1.807, 2.05) is 11.3 Å². The quantitative estimate of drug-likeness (QED) is 0.867. The van der Waals surface area contributed by atoms with Gasteiger partial charge in [-0.15, -0.1) is 11.3 Å². The van der Waals surface area contributed by atoms with Gasteiger partial charge in [0, 0.05) is 10.9 Å². The first-order chi connectivity index (χ1) is 8.61. The van der Waals surface area contributed by atoms with Crippen molar-refractivity contribution in [3.8, 4) is 0 Å². The first-order valence-corrected chi connectivity index (χ1v) is 8.18. The standard InChI is InChI=1S/C15H26N2S/c1-5-11(4)14(16-10(2)3)15-17-12-8-6-7-9-13(12)18-15/h10-11,14,16H,5-9H2,1-4H3. The van der Waals surface area contributed by atoms with Crippen molar-refractivity contribution in [2.24, 2.45) is 5.92 Å². The Morgan fingerprint density at radius 1 is 1.22 bits per heavy atom. The third-order valence-electron chi connectivity index (χ3n) is 3.85. The molecule has 0 saturated carbocycles. The van der Waals surface area contributed by atoms with Crippen LogP contribution >= 0.6 is 11.3 Å². The molecular formula is C15H26N2S. The molecule has 0 radical (unpaired) electrons. The van der Waals surface area contributed by atoms with Crippen LogP contribution in [0.3, 0.4) is 0 Å². The van der Waals surface area contributed by atoms with Gasteiger partial charge in [-0.2, -0.15) is 0 Å². The van der Waals surface area contributed by atoms with Crippen molar-refractivity contribution in [2.45, 2.75) is 71.9 Å². The smallest absolute Gasteiger partial charge is 0.110 e. The molecule has 0 bridgehead atoms. The van der Waals surface area contributed by atoms with Crippen molar-refractivity contribution in [2.75, 3.05) is 0 Å². The topological polar surface area (TPSA) is 24.9 Å². The van der Waals surface area contributed by atoms with E-state index in [-0.39, 0.29) is 0 Å². The van der Waals surface area contributed by atoms with E-state index in [9.17, 15) is 0 Å². The van der Waals surface area contributed by atoms with Crippen LogP contribution in [0.1, 0.15) is 68.6 Å². The molecule has 2 unspecified atom stereocenters. The number of aromatic nitrogens is 1. The molecule has 102 valence electrons. The number of nitrogens with one attached hydrogen (secondary N) is 1. The Morgan fingerprint density at radius 2 is 1.94 bits per heavy atom. The summed E-state index contributed by atoms with van der Waals surface area (Å²) >= 11 is 1.96. The molecule has 0 amide bonds. The summed E-state index contributed by atoms with van der Waals surface area (Å²) in [4.78, 5) is 6.48. The van der Waals surface area contributed by atoms with E-state index in [1.54, 1.807) is 4.88 Å². The van der Waals surface area contributed by atoms with Crippen LogP contribution in [0, 0.1) is 5.92 Å². The van der Waals surface area contributed by atoms with Crippen LogP contribution in [0.15, 0.2) is 0 Å². The highest BCUT2D eigenvalue weighted by molar-refractivity contribution is 7.11. The Balaban J connectivity index is 2.21. The zero-order valence-electron chi connectivity index (χ0n) is 12.1. The minimum absolute atomic E-state index is 0.436. The molecule has 2 rings (SSSR count).